The number of nitrogens with zero attached hydrogens (tertiary/aromatic N) is 1. The molecule has 2 aliphatic rings. The molecule has 0 aromatic carbocycles. The largest absolute Gasteiger partial charge is 0.330 e. The minimum atomic E-state index is 0.482. The zero-order chi connectivity index (χ0) is 11.6. The van der Waals surface area contributed by atoms with E-state index < -0.39 is 0 Å². The van der Waals surface area contributed by atoms with Gasteiger partial charge in [-0.2, -0.15) is 0 Å². The molecule has 0 aromatic rings. The van der Waals surface area contributed by atoms with Crippen molar-refractivity contribution in [3.63, 3.8) is 0 Å². The van der Waals surface area contributed by atoms with Gasteiger partial charge in [-0.3, -0.25) is 0 Å². The number of rotatable bonds is 4. The molecule has 0 amide bonds. The van der Waals surface area contributed by atoms with Crippen LogP contribution < -0.4 is 5.73 Å². The molecule has 0 aliphatic heterocycles. The van der Waals surface area contributed by atoms with Crippen molar-refractivity contribution < 1.29 is 0 Å². The Hall–Kier alpha value is -0.0800. The smallest absolute Gasteiger partial charge is 0.00949 e. The molecular formula is C14H28N2. The molecule has 2 heteroatoms. The summed E-state index contributed by atoms with van der Waals surface area (Å²) < 4.78 is 0. The van der Waals surface area contributed by atoms with Gasteiger partial charge in [-0.25, -0.2) is 0 Å². The topological polar surface area (TPSA) is 29.3 Å². The van der Waals surface area contributed by atoms with Gasteiger partial charge in [-0.05, 0) is 50.6 Å². The van der Waals surface area contributed by atoms with Crippen LogP contribution in [0.3, 0.4) is 0 Å². The van der Waals surface area contributed by atoms with Gasteiger partial charge in [0.1, 0.15) is 0 Å². The van der Waals surface area contributed by atoms with E-state index in [9.17, 15) is 0 Å². The van der Waals surface area contributed by atoms with E-state index in [0.717, 1.165) is 18.5 Å². The maximum atomic E-state index is 5.95. The van der Waals surface area contributed by atoms with E-state index >= 15 is 0 Å². The van der Waals surface area contributed by atoms with Crippen LogP contribution >= 0.6 is 0 Å². The lowest BCUT2D eigenvalue weighted by Crippen LogP contribution is -2.49. The molecule has 0 aromatic heterocycles. The van der Waals surface area contributed by atoms with Gasteiger partial charge in [-0.15, -0.1) is 0 Å². The van der Waals surface area contributed by atoms with Crippen LogP contribution in [0.1, 0.15) is 51.9 Å². The summed E-state index contributed by atoms with van der Waals surface area (Å²) in [5, 5.41) is 0. The number of nitrogens with two attached hydrogens (primary N) is 1. The lowest BCUT2D eigenvalue weighted by atomic mass is 9.68. The fourth-order valence-electron chi connectivity index (χ4n) is 3.56. The van der Waals surface area contributed by atoms with Gasteiger partial charge in [0.25, 0.3) is 0 Å². The van der Waals surface area contributed by atoms with Crippen molar-refractivity contribution >= 4 is 0 Å². The van der Waals surface area contributed by atoms with Crippen LogP contribution in [0.25, 0.3) is 0 Å². The van der Waals surface area contributed by atoms with Crippen LogP contribution in [0.5, 0.6) is 0 Å². The molecule has 0 bridgehead atoms. The summed E-state index contributed by atoms with van der Waals surface area (Å²) in [5.74, 6) is 0.927. The Morgan fingerprint density at radius 3 is 2.50 bits per heavy atom. The molecule has 0 saturated heterocycles. The number of hydrogen-bond donors (Lipinski definition) is 1. The Kier molecular flexibility index (Phi) is 3.91. The molecule has 16 heavy (non-hydrogen) atoms. The molecular weight excluding hydrogens is 196 g/mol. The normalized spacial score (nSPS) is 33.8. The Morgan fingerprint density at radius 1 is 1.25 bits per heavy atom. The molecule has 2 unspecified atom stereocenters. The van der Waals surface area contributed by atoms with Crippen molar-refractivity contribution in [2.24, 2.45) is 17.1 Å². The number of hydrogen-bond acceptors (Lipinski definition) is 2. The van der Waals surface area contributed by atoms with E-state index in [1.807, 2.05) is 0 Å². The molecule has 2 N–H and O–H groups in total. The molecule has 0 radical (unpaired) electrons. The van der Waals surface area contributed by atoms with Crippen molar-refractivity contribution in [1.82, 2.24) is 4.90 Å². The van der Waals surface area contributed by atoms with Crippen LogP contribution in [-0.2, 0) is 0 Å². The van der Waals surface area contributed by atoms with E-state index in [0.29, 0.717) is 5.41 Å². The highest BCUT2D eigenvalue weighted by molar-refractivity contribution is 4.92. The summed E-state index contributed by atoms with van der Waals surface area (Å²) >= 11 is 0. The van der Waals surface area contributed by atoms with E-state index in [4.69, 9.17) is 5.73 Å². The molecule has 94 valence electrons. The lowest BCUT2D eigenvalue weighted by molar-refractivity contribution is 0.0508. The standard InChI is InChI=1S/C14H28N2/c1-12-5-3-6-13(9-12)16(2)11-14(10-15)7-4-8-14/h12-13H,3-11,15H2,1-2H3. The zero-order valence-corrected chi connectivity index (χ0v) is 11.0. The molecule has 0 heterocycles. The third-order valence-electron chi connectivity index (χ3n) is 4.96. The fraction of sp³-hybridized carbons (Fsp3) is 1.00. The third kappa shape index (κ3) is 2.60. The molecule has 2 aliphatic carbocycles. The highest BCUT2D eigenvalue weighted by Crippen LogP contribution is 2.41. The maximum absolute atomic E-state index is 5.95. The molecule has 2 fully saturated rings. The van der Waals surface area contributed by atoms with Crippen molar-refractivity contribution in [2.45, 2.75) is 57.9 Å². The Morgan fingerprint density at radius 2 is 2.00 bits per heavy atom. The highest BCUT2D eigenvalue weighted by atomic mass is 15.1. The van der Waals surface area contributed by atoms with E-state index in [1.54, 1.807) is 0 Å². The zero-order valence-electron chi connectivity index (χ0n) is 11.0. The molecule has 2 rings (SSSR count). The Balaban J connectivity index is 1.84. The lowest BCUT2D eigenvalue weighted by Gasteiger charge is -2.46. The van der Waals surface area contributed by atoms with E-state index in [2.05, 4.69) is 18.9 Å². The monoisotopic (exact) mass is 224 g/mol. The first-order valence-corrected chi connectivity index (χ1v) is 7.05. The Labute approximate surface area is 101 Å². The minimum Gasteiger partial charge on any atom is -0.330 e. The SMILES string of the molecule is CC1CCCC(N(C)CC2(CN)CCC2)C1. The van der Waals surface area contributed by atoms with Crippen molar-refractivity contribution in [3.8, 4) is 0 Å². The molecule has 0 spiro atoms. The van der Waals surface area contributed by atoms with Crippen molar-refractivity contribution in [1.29, 1.82) is 0 Å². The average molecular weight is 224 g/mol. The van der Waals surface area contributed by atoms with Crippen LogP contribution in [-0.4, -0.2) is 31.1 Å². The second kappa shape index (κ2) is 5.05. The third-order valence-corrected chi connectivity index (χ3v) is 4.96. The highest BCUT2D eigenvalue weighted by Gasteiger charge is 2.38. The van der Waals surface area contributed by atoms with Gasteiger partial charge in [0.2, 0.25) is 0 Å². The summed E-state index contributed by atoms with van der Waals surface area (Å²) in [6.45, 7) is 4.53. The average Bonchev–Trinajstić information content (AvgIpc) is 2.23. The van der Waals surface area contributed by atoms with Crippen molar-refractivity contribution in [2.75, 3.05) is 20.1 Å². The molecule has 2 nitrogen and oxygen atoms in total. The summed E-state index contributed by atoms with van der Waals surface area (Å²) in [7, 11) is 2.32. The van der Waals surface area contributed by atoms with Crippen LogP contribution in [0.2, 0.25) is 0 Å². The van der Waals surface area contributed by atoms with Gasteiger partial charge in [-0.1, -0.05) is 26.2 Å². The summed E-state index contributed by atoms with van der Waals surface area (Å²) in [6, 6.07) is 0.827. The van der Waals surface area contributed by atoms with Gasteiger partial charge in [0.15, 0.2) is 0 Å². The predicted octanol–water partition coefficient (Wildman–Crippen LogP) is 2.63. The van der Waals surface area contributed by atoms with Crippen LogP contribution in [0, 0.1) is 11.3 Å². The maximum Gasteiger partial charge on any atom is 0.00949 e. The first-order valence-electron chi connectivity index (χ1n) is 7.05. The quantitative estimate of drug-likeness (QED) is 0.795. The summed E-state index contributed by atoms with van der Waals surface area (Å²) in [5.41, 5.74) is 6.43. The van der Waals surface area contributed by atoms with Crippen molar-refractivity contribution in [3.05, 3.63) is 0 Å². The fourth-order valence-corrected chi connectivity index (χ4v) is 3.56. The molecule has 2 atom stereocenters. The molecule has 2 saturated carbocycles. The van der Waals surface area contributed by atoms with Crippen LogP contribution in [0.15, 0.2) is 0 Å². The predicted molar refractivity (Wildman–Crippen MR) is 69.4 cm³/mol. The first kappa shape index (κ1) is 12.4. The Bertz CT molecular complexity index is 217. The van der Waals surface area contributed by atoms with E-state index in [-0.39, 0.29) is 0 Å². The minimum absolute atomic E-state index is 0.482. The first-order chi connectivity index (χ1) is 7.65. The second-order valence-electron chi connectivity index (χ2n) is 6.40. The van der Waals surface area contributed by atoms with Gasteiger partial charge in [0.05, 0.1) is 0 Å². The van der Waals surface area contributed by atoms with Gasteiger partial charge >= 0.3 is 0 Å². The second-order valence-corrected chi connectivity index (χ2v) is 6.40. The van der Waals surface area contributed by atoms with Gasteiger partial charge < -0.3 is 10.6 Å². The van der Waals surface area contributed by atoms with Crippen LogP contribution in [0.4, 0.5) is 0 Å². The summed E-state index contributed by atoms with van der Waals surface area (Å²) in [4.78, 5) is 2.61. The van der Waals surface area contributed by atoms with Gasteiger partial charge in [0, 0.05) is 12.6 Å². The summed E-state index contributed by atoms with van der Waals surface area (Å²) in [6.07, 6.45) is 9.77. The van der Waals surface area contributed by atoms with E-state index in [1.165, 1.54) is 51.5 Å².